The topological polar surface area (TPSA) is 92.3 Å². The van der Waals surface area contributed by atoms with Gasteiger partial charge in [0.15, 0.2) is 21.5 Å². The molecule has 0 atom stereocenters. The van der Waals surface area contributed by atoms with Crippen molar-refractivity contribution in [3.8, 4) is 0 Å². The zero-order valence-electron chi connectivity index (χ0n) is 13.1. The lowest BCUT2D eigenvalue weighted by molar-refractivity contribution is -0.114. The molecule has 2 N–H and O–H groups in total. The van der Waals surface area contributed by atoms with Gasteiger partial charge in [-0.1, -0.05) is 0 Å². The highest BCUT2D eigenvalue weighted by atomic mass is 32.2. The third-order valence-corrected chi connectivity index (χ3v) is 4.44. The van der Waals surface area contributed by atoms with Crippen LogP contribution in [-0.2, 0) is 19.4 Å². The van der Waals surface area contributed by atoms with Crippen LogP contribution in [0.15, 0.2) is 42.5 Å². The fourth-order valence-corrected chi connectivity index (χ4v) is 3.00. The fraction of sp³-hybridized carbons (Fsp3) is 0.125. The Morgan fingerprint density at radius 1 is 0.769 bits per heavy atom. The molecule has 6 nitrogen and oxygen atoms in total. The van der Waals surface area contributed by atoms with Crippen molar-refractivity contribution < 1.29 is 31.2 Å². The van der Waals surface area contributed by atoms with E-state index in [4.69, 9.17) is 0 Å². The van der Waals surface area contributed by atoms with Crippen LogP contribution in [0.2, 0.25) is 0 Å². The Kier molecular flexibility index (Phi) is 5.98. The van der Waals surface area contributed by atoms with Crippen molar-refractivity contribution in [3.63, 3.8) is 0 Å². The maximum absolute atomic E-state index is 13.1. The van der Waals surface area contributed by atoms with Gasteiger partial charge in [-0.3, -0.25) is 9.59 Å². The van der Waals surface area contributed by atoms with Gasteiger partial charge in [0.2, 0.25) is 11.8 Å². The molecule has 0 saturated carbocycles. The number of carbonyl (C=O) groups excluding carboxylic acids is 2. The van der Waals surface area contributed by atoms with Crippen LogP contribution < -0.4 is 10.6 Å². The Labute approximate surface area is 146 Å². The molecule has 2 aromatic carbocycles. The summed E-state index contributed by atoms with van der Waals surface area (Å²) in [4.78, 5) is 23.4. The SMILES string of the molecule is O=C(CS(=O)(=O)CC(=O)Nc1ccc(F)c(F)c1)Nc1ccc(F)cc1. The van der Waals surface area contributed by atoms with E-state index in [1.165, 1.54) is 12.1 Å². The molecular weight excluding hydrogens is 373 g/mol. The number of nitrogens with one attached hydrogen (secondary N) is 2. The molecule has 0 heterocycles. The second-order valence-electron chi connectivity index (χ2n) is 5.26. The van der Waals surface area contributed by atoms with Crippen LogP contribution in [0.3, 0.4) is 0 Å². The lowest BCUT2D eigenvalue weighted by Crippen LogP contribution is -2.30. The van der Waals surface area contributed by atoms with Gasteiger partial charge in [-0.25, -0.2) is 21.6 Å². The number of hydrogen-bond donors (Lipinski definition) is 2. The minimum Gasteiger partial charge on any atom is -0.325 e. The Hall–Kier alpha value is -2.88. The summed E-state index contributed by atoms with van der Waals surface area (Å²) >= 11 is 0. The summed E-state index contributed by atoms with van der Waals surface area (Å²) in [5.41, 5.74) is 0.0673. The molecule has 26 heavy (non-hydrogen) atoms. The number of halogens is 3. The summed E-state index contributed by atoms with van der Waals surface area (Å²) in [6, 6.07) is 7.19. The van der Waals surface area contributed by atoms with E-state index in [0.717, 1.165) is 24.3 Å². The van der Waals surface area contributed by atoms with Crippen molar-refractivity contribution in [2.75, 3.05) is 22.1 Å². The van der Waals surface area contributed by atoms with Gasteiger partial charge in [0.1, 0.15) is 17.3 Å². The van der Waals surface area contributed by atoms with E-state index in [1.54, 1.807) is 0 Å². The molecule has 2 aromatic rings. The summed E-state index contributed by atoms with van der Waals surface area (Å²) in [7, 11) is -4.11. The molecule has 0 spiro atoms. The van der Waals surface area contributed by atoms with E-state index in [9.17, 15) is 31.2 Å². The Balaban J connectivity index is 1.92. The van der Waals surface area contributed by atoms with E-state index in [0.29, 0.717) is 6.07 Å². The number of benzene rings is 2. The average Bonchev–Trinajstić information content (AvgIpc) is 2.52. The van der Waals surface area contributed by atoms with Gasteiger partial charge in [0.25, 0.3) is 0 Å². The Bertz CT molecular complexity index is 931. The summed E-state index contributed by atoms with van der Waals surface area (Å²) in [5.74, 6) is -6.76. The van der Waals surface area contributed by atoms with Crippen molar-refractivity contribution in [2.24, 2.45) is 0 Å². The molecule has 0 unspecified atom stereocenters. The van der Waals surface area contributed by atoms with Gasteiger partial charge < -0.3 is 10.6 Å². The van der Waals surface area contributed by atoms with Gasteiger partial charge >= 0.3 is 0 Å². The zero-order chi connectivity index (χ0) is 19.3. The second-order valence-corrected chi connectivity index (χ2v) is 7.33. The van der Waals surface area contributed by atoms with E-state index in [1.807, 2.05) is 0 Å². The maximum Gasteiger partial charge on any atom is 0.239 e. The van der Waals surface area contributed by atoms with E-state index >= 15 is 0 Å². The normalized spacial score (nSPS) is 11.0. The third kappa shape index (κ3) is 5.88. The average molecular weight is 386 g/mol. The monoisotopic (exact) mass is 386 g/mol. The van der Waals surface area contributed by atoms with Crippen LogP contribution in [0.25, 0.3) is 0 Å². The van der Waals surface area contributed by atoms with Crippen LogP contribution in [0.5, 0.6) is 0 Å². The van der Waals surface area contributed by atoms with Gasteiger partial charge in [0, 0.05) is 17.4 Å². The maximum atomic E-state index is 13.1. The highest BCUT2D eigenvalue weighted by molar-refractivity contribution is 7.92. The van der Waals surface area contributed by atoms with Gasteiger partial charge in [0.05, 0.1) is 0 Å². The summed E-state index contributed by atoms with van der Waals surface area (Å²) in [6.07, 6.45) is 0. The Morgan fingerprint density at radius 2 is 1.27 bits per heavy atom. The third-order valence-electron chi connectivity index (χ3n) is 3.03. The standard InChI is InChI=1S/C16H13F3N2O4S/c17-10-1-3-11(4-2-10)20-15(22)8-26(24,25)9-16(23)21-12-5-6-13(18)14(19)7-12/h1-7H,8-9H2,(H,20,22)(H,21,23). The molecular formula is C16H13F3N2O4S. The van der Waals surface area contributed by atoms with Crippen molar-refractivity contribution in [3.05, 3.63) is 59.9 Å². The molecule has 0 radical (unpaired) electrons. The lowest BCUT2D eigenvalue weighted by atomic mass is 10.3. The molecule has 0 aliphatic rings. The number of carbonyl (C=O) groups is 2. The summed E-state index contributed by atoms with van der Waals surface area (Å²) < 4.78 is 62.4. The molecule has 138 valence electrons. The van der Waals surface area contributed by atoms with E-state index < -0.39 is 50.6 Å². The zero-order valence-corrected chi connectivity index (χ0v) is 13.9. The van der Waals surface area contributed by atoms with Crippen LogP contribution in [0, 0.1) is 17.5 Å². The fourth-order valence-electron chi connectivity index (χ4n) is 1.95. The Morgan fingerprint density at radius 3 is 1.81 bits per heavy atom. The van der Waals surface area contributed by atoms with Crippen LogP contribution in [0.4, 0.5) is 24.5 Å². The molecule has 0 aromatic heterocycles. The number of rotatable bonds is 6. The molecule has 0 bridgehead atoms. The van der Waals surface area contributed by atoms with Crippen molar-refractivity contribution in [1.82, 2.24) is 0 Å². The molecule has 0 aliphatic carbocycles. The lowest BCUT2D eigenvalue weighted by Gasteiger charge is -2.08. The molecule has 2 amide bonds. The quantitative estimate of drug-likeness (QED) is 0.795. The molecule has 0 saturated heterocycles. The molecule has 0 fully saturated rings. The van der Waals surface area contributed by atoms with Crippen LogP contribution >= 0.6 is 0 Å². The predicted octanol–water partition coefficient (Wildman–Crippen LogP) is 2.10. The minimum atomic E-state index is -4.11. The molecule has 2 rings (SSSR count). The largest absolute Gasteiger partial charge is 0.325 e. The highest BCUT2D eigenvalue weighted by Crippen LogP contribution is 2.13. The summed E-state index contributed by atoms with van der Waals surface area (Å²) in [6.45, 7) is 0. The van der Waals surface area contributed by atoms with Crippen molar-refractivity contribution in [2.45, 2.75) is 0 Å². The molecule has 0 aliphatic heterocycles. The predicted molar refractivity (Wildman–Crippen MR) is 88.7 cm³/mol. The smallest absolute Gasteiger partial charge is 0.239 e. The first-order valence-corrected chi connectivity index (χ1v) is 8.97. The van der Waals surface area contributed by atoms with Gasteiger partial charge in [-0.15, -0.1) is 0 Å². The number of hydrogen-bond acceptors (Lipinski definition) is 4. The number of amides is 2. The van der Waals surface area contributed by atoms with Gasteiger partial charge in [-0.05, 0) is 36.4 Å². The summed E-state index contributed by atoms with van der Waals surface area (Å²) in [5, 5.41) is 4.35. The van der Waals surface area contributed by atoms with E-state index in [-0.39, 0.29) is 11.4 Å². The first kappa shape index (κ1) is 19.4. The van der Waals surface area contributed by atoms with Crippen LogP contribution in [0.1, 0.15) is 0 Å². The van der Waals surface area contributed by atoms with Crippen LogP contribution in [-0.4, -0.2) is 31.7 Å². The van der Waals surface area contributed by atoms with Gasteiger partial charge in [-0.2, -0.15) is 0 Å². The van der Waals surface area contributed by atoms with Crippen molar-refractivity contribution in [1.29, 1.82) is 0 Å². The number of sulfone groups is 1. The van der Waals surface area contributed by atoms with Crippen molar-refractivity contribution >= 4 is 33.0 Å². The molecule has 10 heteroatoms. The van der Waals surface area contributed by atoms with E-state index in [2.05, 4.69) is 10.6 Å². The highest BCUT2D eigenvalue weighted by Gasteiger charge is 2.21. The number of anilines is 2. The first-order chi connectivity index (χ1) is 12.1. The minimum absolute atomic E-state index is 0.125. The second kappa shape index (κ2) is 8.00. The first-order valence-electron chi connectivity index (χ1n) is 7.15.